The fourth-order valence-corrected chi connectivity index (χ4v) is 1.51. The van der Waals surface area contributed by atoms with Crippen molar-refractivity contribution in [3.05, 3.63) is 18.2 Å². The maximum absolute atomic E-state index is 11.3. The van der Waals surface area contributed by atoms with Crippen molar-refractivity contribution in [3.8, 4) is 11.5 Å². The monoisotopic (exact) mass is 253 g/mol. The number of hydrogen-bond acceptors (Lipinski definition) is 4. The molecule has 0 amide bonds. The zero-order valence-corrected chi connectivity index (χ0v) is 11.4. The number of nitrogens with zero attached hydrogens (tertiary/aromatic N) is 1. The topological polar surface area (TPSA) is 59.0 Å². The number of hydrogen-bond donors (Lipinski definition) is 1. The molecule has 0 atom stereocenters. The molecule has 1 aromatic rings. The minimum absolute atomic E-state index is 0.575. The zero-order valence-electron chi connectivity index (χ0n) is 11.4. The Morgan fingerprint density at radius 3 is 2.33 bits per heavy atom. The molecule has 5 nitrogen and oxygen atoms in total. The van der Waals surface area contributed by atoms with Crippen molar-refractivity contribution < 1.29 is 19.4 Å². The quantitative estimate of drug-likeness (QED) is 0.869. The molecule has 0 heterocycles. The highest BCUT2D eigenvalue weighted by Crippen LogP contribution is 2.34. The third-order valence-corrected chi connectivity index (χ3v) is 3.11. The van der Waals surface area contributed by atoms with E-state index < -0.39 is 11.5 Å². The zero-order chi connectivity index (χ0) is 13.9. The summed E-state index contributed by atoms with van der Waals surface area (Å²) >= 11 is 0. The van der Waals surface area contributed by atoms with Gasteiger partial charge in [-0.1, -0.05) is 0 Å². The summed E-state index contributed by atoms with van der Waals surface area (Å²) in [5.74, 6) is 0.339. The SMILES string of the molecule is COc1ccc(N(C)C(C)(C)C(=O)O)c(OC)c1. The molecule has 0 aliphatic carbocycles. The number of aliphatic carboxylic acids is 1. The lowest BCUT2D eigenvalue weighted by molar-refractivity contribution is -0.142. The highest BCUT2D eigenvalue weighted by atomic mass is 16.5. The summed E-state index contributed by atoms with van der Waals surface area (Å²) in [6.45, 7) is 3.28. The number of anilines is 1. The Labute approximate surface area is 107 Å². The summed E-state index contributed by atoms with van der Waals surface area (Å²) in [7, 11) is 4.83. The van der Waals surface area contributed by atoms with Crippen LogP contribution in [0.5, 0.6) is 11.5 Å². The van der Waals surface area contributed by atoms with Gasteiger partial charge >= 0.3 is 5.97 Å². The summed E-state index contributed by atoms with van der Waals surface area (Å²) in [4.78, 5) is 12.9. The van der Waals surface area contributed by atoms with Gasteiger partial charge in [-0.3, -0.25) is 0 Å². The maximum atomic E-state index is 11.3. The van der Waals surface area contributed by atoms with E-state index in [0.29, 0.717) is 17.2 Å². The Hall–Kier alpha value is -1.91. The second kappa shape index (κ2) is 5.16. The van der Waals surface area contributed by atoms with Crippen molar-refractivity contribution in [2.24, 2.45) is 0 Å². The molecule has 0 radical (unpaired) electrons. The predicted molar refractivity (Wildman–Crippen MR) is 69.7 cm³/mol. The molecule has 18 heavy (non-hydrogen) atoms. The number of carboxylic acid groups (broad SMARTS) is 1. The van der Waals surface area contributed by atoms with Gasteiger partial charge < -0.3 is 19.5 Å². The Bertz CT molecular complexity index is 443. The number of carboxylic acids is 1. The molecule has 0 aliphatic heterocycles. The van der Waals surface area contributed by atoms with Crippen LogP contribution in [-0.4, -0.2) is 37.9 Å². The van der Waals surface area contributed by atoms with Crippen molar-refractivity contribution in [3.63, 3.8) is 0 Å². The van der Waals surface area contributed by atoms with E-state index in [4.69, 9.17) is 9.47 Å². The third-order valence-electron chi connectivity index (χ3n) is 3.11. The van der Waals surface area contributed by atoms with E-state index in [0.717, 1.165) is 0 Å². The Balaban J connectivity index is 3.20. The van der Waals surface area contributed by atoms with Crippen LogP contribution in [0.4, 0.5) is 5.69 Å². The van der Waals surface area contributed by atoms with Crippen LogP contribution in [0.25, 0.3) is 0 Å². The van der Waals surface area contributed by atoms with Gasteiger partial charge in [-0.15, -0.1) is 0 Å². The highest BCUT2D eigenvalue weighted by Gasteiger charge is 2.33. The van der Waals surface area contributed by atoms with Gasteiger partial charge in [-0.05, 0) is 26.0 Å². The van der Waals surface area contributed by atoms with Crippen LogP contribution in [0.2, 0.25) is 0 Å². The van der Waals surface area contributed by atoms with E-state index in [1.807, 2.05) is 0 Å². The fraction of sp³-hybridized carbons (Fsp3) is 0.462. The first kappa shape index (κ1) is 14.2. The average Bonchev–Trinajstić information content (AvgIpc) is 2.36. The smallest absolute Gasteiger partial charge is 0.328 e. The van der Waals surface area contributed by atoms with E-state index >= 15 is 0 Å². The minimum Gasteiger partial charge on any atom is -0.497 e. The highest BCUT2D eigenvalue weighted by molar-refractivity contribution is 5.83. The van der Waals surface area contributed by atoms with Crippen molar-refractivity contribution in [1.29, 1.82) is 0 Å². The molecule has 0 bridgehead atoms. The molecule has 5 heteroatoms. The number of likely N-dealkylation sites (N-methyl/N-ethyl adjacent to an activating group) is 1. The Morgan fingerprint density at radius 1 is 1.28 bits per heavy atom. The van der Waals surface area contributed by atoms with Gasteiger partial charge in [0.1, 0.15) is 17.0 Å². The molecule has 1 N–H and O–H groups in total. The van der Waals surface area contributed by atoms with Gasteiger partial charge in [0.15, 0.2) is 0 Å². The van der Waals surface area contributed by atoms with Crippen LogP contribution in [0.1, 0.15) is 13.8 Å². The predicted octanol–water partition coefficient (Wildman–Crippen LogP) is 2.00. The molecule has 0 aliphatic rings. The molecule has 1 rings (SSSR count). The molecule has 0 spiro atoms. The summed E-state index contributed by atoms with van der Waals surface area (Å²) in [6.07, 6.45) is 0. The normalized spacial score (nSPS) is 10.9. The number of methoxy groups -OCH3 is 2. The van der Waals surface area contributed by atoms with Crippen LogP contribution in [0.3, 0.4) is 0 Å². The van der Waals surface area contributed by atoms with E-state index in [9.17, 15) is 9.90 Å². The van der Waals surface area contributed by atoms with Crippen LogP contribution in [0, 0.1) is 0 Å². The van der Waals surface area contributed by atoms with Crippen LogP contribution in [0.15, 0.2) is 18.2 Å². The lowest BCUT2D eigenvalue weighted by Gasteiger charge is -2.34. The lowest BCUT2D eigenvalue weighted by Crippen LogP contribution is -2.48. The van der Waals surface area contributed by atoms with Gasteiger partial charge in [0.2, 0.25) is 0 Å². The molecule has 1 aromatic carbocycles. The number of rotatable bonds is 5. The lowest BCUT2D eigenvalue weighted by atomic mass is 10.0. The van der Waals surface area contributed by atoms with E-state index in [2.05, 4.69) is 0 Å². The molecule has 0 aromatic heterocycles. The average molecular weight is 253 g/mol. The number of benzene rings is 1. The molecular formula is C13H19NO4. The molecule has 0 saturated carbocycles. The molecule has 0 unspecified atom stereocenters. The summed E-state index contributed by atoms with van der Waals surface area (Å²) < 4.78 is 10.4. The summed E-state index contributed by atoms with van der Waals surface area (Å²) in [6, 6.07) is 5.28. The molecule has 0 fully saturated rings. The van der Waals surface area contributed by atoms with Gasteiger partial charge in [-0.2, -0.15) is 0 Å². The third kappa shape index (κ3) is 2.50. The second-order valence-corrected chi connectivity index (χ2v) is 4.46. The van der Waals surface area contributed by atoms with Crippen LogP contribution in [-0.2, 0) is 4.79 Å². The van der Waals surface area contributed by atoms with Crippen molar-refractivity contribution >= 4 is 11.7 Å². The van der Waals surface area contributed by atoms with E-state index in [1.54, 1.807) is 58.2 Å². The van der Waals surface area contributed by atoms with Gasteiger partial charge in [0.05, 0.1) is 19.9 Å². The molecule has 100 valence electrons. The second-order valence-electron chi connectivity index (χ2n) is 4.46. The largest absolute Gasteiger partial charge is 0.497 e. The van der Waals surface area contributed by atoms with E-state index in [1.165, 1.54) is 0 Å². The maximum Gasteiger partial charge on any atom is 0.328 e. The van der Waals surface area contributed by atoms with Crippen molar-refractivity contribution in [1.82, 2.24) is 0 Å². The Morgan fingerprint density at radius 2 is 1.89 bits per heavy atom. The minimum atomic E-state index is -1.03. The Kier molecular flexibility index (Phi) is 4.06. The first-order chi connectivity index (χ1) is 8.34. The standard InChI is InChI=1S/C13H19NO4/c1-13(2,12(15)16)14(3)10-7-6-9(17-4)8-11(10)18-5/h6-8H,1-5H3,(H,15,16). The van der Waals surface area contributed by atoms with Crippen molar-refractivity contribution in [2.45, 2.75) is 19.4 Å². The molecular weight excluding hydrogens is 234 g/mol. The number of carbonyl (C=O) groups is 1. The first-order valence-corrected chi connectivity index (χ1v) is 5.53. The fourth-order valence-electron chi connectivity index (χ4n) is 1.51. The summed E-state index contributed by atoms with van der Waals surface area (Å²) in [5.41, 5.74) is -0.326. The van der Waals surface area contributed by atoms with Crippen LogP contribution >= 0.6 is 0 Å². The first-order valence-electron chi connectivity index (χ1n) is 5.53. The van der Waals surface area contributed by atoms with Gasteiger partial charge in [0, 0.05) is 13.1 Å². The van der Waals surface area contributed by atoms with Crippen LogP contribution < -0.4 is 14.4 Å². The van der Waals surface area contributed by atoms with Gasteiger partial charge in [-0.25, -0.2) is 4.79 Å². The number of ether oxygens (including phenoxy) is 2. The van der Waals surface area contributed by atoms with Crippen molar-refractivity contribution in [2.75, 3.05) is 26.2 Å². The summed E-state index contributed by atoms with van der Waals surface area (Å²) in [5, 5.41) is 9.23. The van der Waals surface area contributed by atoms with Gasteiger partial charge in [0.25, 0.3) is 0 Å². The molecule has 0 saturated heterocycles. The van der Waals surface area contributed by atoms with E-state index in [-0.39, 0.29) is 0 Å².